The summed E-state index contributed by atoms with van der Waals surface area (Å²) < 4.78 is 45.8. The number of halogens is 5. The second kappa shape index (κ2) is 19.5. The third-order valence-electron chi connectivity index (χ3n) is 12.5. The highest BCUT2D eigenvalue weighted by molar-refractivity contribution is 6.08. The number of anilines is 3. The molecule has 60 heavy (non-hydrogen) atoms. The topological polar surface area (TPSA) is 159 Å². The number of benzene rings is 1. The lowest BCUT2D eigenvalue weighted by atomic mass is 9.85. The van der Waals surface area contributed by atoms with Crippen molar-refractivity contribution in [2.45, 2.75) is 88.4 Å². The number of aromatic nitrogens is 5. The van der Waals surface area contributed by atoms with Gasteiger partial charge in [0.25, 0.3) is 12.3 Å². The number of alkyl halides is 3. The Morgan fingerprint density at radius 2 is 1.80 bits per heavy atom. The standard InChI is InChI=1S/C41H52F3N11O3.2ClH/c1-51(31-4-2-3-27(17-31)32-9-10-36(56)49-40(32)57)20-26-11-14-52(15-12-26)21-25-5-7-30(8-6-25)55-24-34(37(50-55)38(43)44)47-41(58)33-19-46-54-16-13-35(48-39(33)54)53-22-28(42)18-29(45)23-53;;/h2-4,13,16-17,19,24-26,28-30,32,38H,5-12,14-15,18,20-23,45H2,1H3,(H,47,58)(H,49,56,57);2*1H/t25?,28-,29-,30?,32?;;/m1../s1. The lowest BCUT2D eigenvalue weighted by Gasteiger charge is -2.38. The van der Waals surface area contributed by atoms with Crippen molar-refractivity contribution in [3.05, 3.63) is 65.7 Å². The molecule has 0 radical (unpaired) electrons. The maximum absolute atomic E-state index is 14.3. The predicted octanol–water partition coefficient (Wildman–Crippen LogP) is 5.93. The Morgan fingerprint density at radius 1 is 1.03 bits per heavy atom. The number of imide groups is 1. The molecule has 4 aliphatic rings. The minimum Gasteiger partial charge on any atom is -0.374 e. The van der Waals surface area contributed by atoms with Gasteiger partial charge in [-0.1, -0.05) is 12.1 Å². The molecule has 4 fully saturated rings. The van der Waals surface area contributed by atoms with E-state index < -0.39 is 24.2 Å². The second-order valence-electron chi connectivity index (χ2n) is 16.7. The Morgan fingerprint density at radius 3 is 2.52 bits per heavy atom. The lowest BCUT2D eigenvalue weighted by Crippen LogP contribution is -2.48. The molecule has 1 unspecified atom stereocenters. The van der Waals surface area contributed by atoms with E-state index >= 15 is 0 Å². The third-order valence-corrected chi connectivity index (χ3v) is 12.5. The molecule has 3 amide bonds. The number of rotatable bonds is 11. The Labute approximate surface area is 359 Å². The molecule has 3 atom stereocenters. The summed E-state index contributed by atoms with van der Waals surface area (Å²) in [5.74, 6) is 0.161. The zero-order valence-electron chi connectivity index (χ0n) is 33.6. The number of piperidine rings is 3. The number of likely N-dealkylation sites (tertiary alicyclic amines) is 1. The molecule has 8 rings (SSSR count). The van der Waals surface area contributed by atoms with Crippen molar-refractivity contribution in [1.29, 1.82) is 0 Å². The summed E-state index contributed by atoms with van der Waals surface area (Å²) in [6.45, 7) is 4.56. The number of nitrogens with two attached hydrogens (primary N) is 1. The first-order valence-corrected chi connectivity index (χ1v) is 20.5. The Bertz CT molecular complexity index is 2110. The van der Waals surface area contributed by atoms with E-state index in [0.29, 0.717) is 37.0 Å². The average molecular weight is 877 g/mol. The molecular formula is C41H54Cl2F3N11O3. The van der Waals surface area contributed by atoms with E-state index in [-0.39, 0.29) is 84.5 Å². The molecule has 1 aromatic carbocycles. The molecule has 0 bridgehead atoms. The van der Waals surface area contributed by atoms with E-state index in [1.165, 1.54) is 16.9 Å². The molecule has 14 nitrogen and oxygen atoms in total. The van der Waals surface area contributed by atoms with Gasteiger partial charge in [-0.05, 0) is 100 Å². The summed E-state index contributed by atoms with van der Waals surface area (Å²) in [4.78, 5) is 48.7. The van der Waals surface area contributed by atoms with Gasteiger partial charge in [0.1, 0.15) is 17.6 Å². The highest BCUT2D eigenvalue weighted by Crippen LogP contribution is 2.36. The maximum Gasteiger partial charge on any atom is 0.284 e. The predicted molar refractivity (Wildman–Crippen MR) is 227 cm³/mol. The van der Waals surface area contributed by atoms with E-state index in [1.54, 1.807) is 21.8 Å². The van der Waals surface area contributed by atoms with Gasteiger partial charge >= 0.3 is 0 Å². The molecule has 1 saturated carbocycles. The van der Waals surface area contributed by atoms with Gasteiger partial charge in [0.2, 0.25) is 11.8 Å². The highest BCUT2D eigenvalue weighted by atomic mass is 35.5. The largest absolute Gasteiger partial charge is 0.374 e. The lowest BCUT2D eigenvalue weighted by molar-refractivity contribution is -0.134. The van der Waals surface area contributed by atoms with E-state index in [1.807, 2.05) is 12.1 Å². The molecule has 0 spiro atoms. The van der Waals surface area contributed by atoms with Crippen LogP contribution in [0.25, 0.3) is 5.65 Å². The van der Waals surface area contributed by atoms with Gasteiger partial charge in [-0.15, -0.1) is 24.8 Å². The van der Waals surface area contributed by atoms with Crippen LogP contribution in [-0.4, -0.2) is 106 Å². The summed E-state index contributed by atoms with van der Waals surface area (Å²) in [7, 11) is 2.10. The monoisotopic (exact) mass is 875 g/mol. The van der Waals surface area contributed by atoms with E-state index in [2.05, 4.69) is 54.8 Å². The summed E-state index contributed by atoms with van der Waals surface area (Å²) >= 11 is 0. The van der Waals surface area contributed by atoms with Gasteiger partial charge in [-0.25, -0.2) is 22.7 Å². The van der Waals surface area contributed by atoms with Crippen molar-refractivity contribution in [2.24, 2.45) is 17.6 Å². The van der Waals surface area contributed by atoms with Crippen molar-refractivity contribution in [3.63, 3.8) is 0 Å². The molecular weight excluding hydrogens is 822 g/mol. The van der Waals surface area contributed by atoms with Crippen LogP contribution in [0.5, 0.6) is 0 Å². The minimum absolute atomic E-state index is 0. The summed E-state index contributed by atoms with van der Waals surface area (Å²) in [6.07, 6.45) is 7.41. The van der Waals surface area contributed by atoms with Gasteiger partial charge in [0, 0.05) is 57.2 Å². The van der Waals surface area contributed by atoms with Gasteiger partial charge in [0.15, 0.2) is 11.3 Å². The number of hydrogen-bond donors (Lipinski definition) is 3. The fourth-order valence-electron chi connectivity index (χ4n) is 9.29. The van der Waals surface area contributed by atoms with Crippen LogP contribution < -0.4 is 26.2 Å². The van der Waals surface area contributed by atoms with E-state index in [9.17, 15) is 27.6 Å². The number of carbonyl (C=O) groups is 3. The van der Waals surface area contributed by atoms with Crippen LogP contribution in [0.1, 0.15) is 97.8 Å². The molecule has 3 aromatic heterocycles. The zero-order valence-corrected chi connectivity index (χ0v) is 35.2. The number of fused-ring (bicyclic) bond motifs is 1. The number of carbonyl (C=O) groups excluding carboxylic acids is 3. The number of nitrogens with one attached hydrogen (secondary N) is 2. The molecule has 3 saturated heterocycles. The molecule has 6 heterocycles. The second-order valence-corrected chi connectivity index (χ2v) is 16.7. The fourth-order valence-corrected chi connectivity index (χ4v) is 9.29. The maximum atomic E-state index is 14.3. The van der Waals surface area contributed by atoms with Crippen LogP contribution in [0, 0.1) is 11.8 Å². The van der Waals surface area contributed by atoms with Crippen molar-refractivity contribution < 1.29 is 27.6 Å². The van der Waals surface area contributed by atoms with Gasteiger partial charge in [-0.2, -0.15) is 10.2 Å². The number of nitrogens with zero attached hydrogens (tertiary/aromatic N) is 8. The van der Waals surface area contributed by atoms with Crippen LogP contribution in [-0.2, 0) is 9.59 Å². The summed E-state index contributed by atoms with van der Waals surface area (Å²) in [6, 6.07) is 9.39. The number of hydrogen-bond acceptors (Lipinski definition) is 10. The number of amides is 3. The van der Waals surface area contributed by atoms with Crippen molar-refractivity contribution in [3.8, 4) is 0 Å². The first-order valence-electron chi connectivity index (χ1n) is 20.5. The van der Waals surface area contributed by atoms with Crippen molar-refractivity contribution in [1.82, 2.24) is 34.6 Å². The summed E-state index contributed by atoms with van der Waals surface area (Å²) in [5, 5.41) is 13.6. The molecule has 19 heteroatoms. The molecule has 4 N–H and O–H groups in total. The minimum atomic E-state index is -2.89. The first-order chi connectivity index (χ1) is 28.0. The normalized spacial score (nSPS) is 24.2. The average Bonchev–Trinajstić information content (AvgIpc) is 3.83. The van der Waals surface area contributed by atoms with Crippen LogP contribution in [0.15, 0.2) is 48.9 Å². The van der Waals surface area contributed by atoms with Gasteiger partial charge in [-0.3, -0.25) is 24.4 Å². The summed E-state index contributed by atoms with van der Waals surface area (Å²) in [5.41, 5.74) is 7.84. The zero-order chi connectivity index (χ0) is 40.5. The Hall–Kier alpha value is -4.45. The Balaban J connectivity index is 0.00000302. The van der Waals surface area contributed by atoms with Gasteiger partial charge in [0.05, 0.1) is 30.4 Å². The SMILES string of the molecule is CN(CC1CCN(CC2CCC(n3cc(NC(=O)c4cnn5ccc(N6C[C@H](N)C[C@@H](F)C6)nc45)c(C(F)F)n3)CC2)CC1)c1cccc(C2CCC(=O)NC2=O)c1.Cl.Cl. The van der Waals surface area contributed by atoms with Crippen LogP contribution in [0.3, 0.4) is 0 Å². The van der Waals surface area contributed by atoms with Crippen LogP contribution in [0.4, 0.5) is 30.4 Å². The van der Waals surface area contributed by atoms with Crippen LogP contribution >= 0.6 is 24.8 Å². The Kier molecular flexibility index (Phi) is 14.7. The molecule has 1 aliphatic carbocycles. The van der Waals surface area contributed by atoms with Crippen LogP contribution in [0.2, 0.25) is 0 Å². The van der Waals surface area contributed by atoms with Crippen molar-refractivity contribution in [2.75, 3.05) is 61.4 Å². The molecule has 326 valence electrons. The fraction of sp³-hybridized carbons (Fsp3) is 0.561. The quantitative estimate of drug-likeness (QED) is 0.154. The molecule has 4 aromatic rings. The highest BCUT2D eigenvalue weighted by Gasteiger charge is 2.32. The first kappa shape index (κ1) is 45.1. The smallest absolute Gasteiger partial charge is 0.284 e. The van der Waals surface area contributed by atoms with E-state index in [0.717, 1.165) is 76.0 Å². The molecule has 3 aliphatic heterocycles. The van der Waals surface area contributed by atoms with Gasteiger partial charge < -0.3 is 25.8 Å². The third kappa shape index (κ3) is 10.2. The van der Waals surface area contributed by atoms with Crippen molar-refractivity contribution >= 4 is 65.4 Å². The van der Waals surface area contributed by atoms with E-state index in [4.69, 9.17) is 5.73 Å².